The molecule has 0 radical (unpaired) electrons. The van der Waals surface area contributed by atoms with Crippen molar-refractivity contribution in [2.45, 2.75) is 103 Å². The predicted molar refractivity (Wildman–Crippen MR) is 221 cm³/mol. The minimum Gasteiger partial charge on any atom is -0.468 e. The van der Waals surface area contributed by atoms with Crippen LogP contribution < -0.4 is 26.4 Å². The third-order valence-electron chi connectivity index (χ3n) is 13.6. The molecule has 0 fully saturated rings. The zero-order chi connectivity index (χ0) is 35.9. The lowest BCUT2D eigenvalue weighted by atomic mass is 9.35. The zero-order valence-corrected chi connectivity index (χ0v) is 32.0. The van der Waals surface area contributed by atoms with Gasteiger partial charge in [-0.1, -0.05) is 104 Å². The van der Waals surface area contributed by atoms with E-state index in [-0.39, 0.29) is 28.4 Å². The van der Waals surface area contributed by atoms with Crippen LogP contribution in [0.25, 0.3) is 11.0 Å². The molecule has 4 heteroatoms. The van der Waals surface area contributed by atoms with Crippen LogP contribution in [0.2, 0.25) is 0 Å². The van der Waals surface area contributed by atoms with Crippen LogP contribution >= 0.6 is 0 Å². The number of hydrogen-bond donors (Lipinski definition) is 0. The van der Waals surface area contributed by atoms with Gasteiger partial charge in [0.1, 0.15) is 5.58 Å². The maximum Gasteiger partial charge on any atom is 0.297 e. The lowest BCUT2D eigenvalue weighted by Gasteiger charge is -2.47. The molecule has 0 bridgehead atoms. The Morgan fingerprint density at radius 2 is 1.08 bits per heavy atom. The van der Waals surface area contributed by atoms with E-state index in [4.69, 9.17) is 4.42 Å². The second-order valence-corrected chi connectivity index (χ2v) is 18.7. The number of nitrogens with zero attached hydrogens (tertiary/aromatic N) is 2. The molecule has 0 atom stereocenters. The van der Waals surface area contributed by atoms with E-state index in [9.17, 15) is 0 Å². The number of hydrogen-bond acceptors (Lipinski definition) is 3. The maximum absolute atomic E-state index is 7.09. The van der Waals surface area contributed by atoms with Gasteiger partial charge in [0.25, 0.3) is 6.71 Å². The molecule has 0 spiro atoms. The van der Waals surface area contributed by atoms with Crippen molar-refractivity contribution in [3.05, 3.63) is 125 Å². The van der Waals surface area contributed by atoms with Crippen LogP contribution in [0.3, 0.4) is 0 Å². The molecular formula is C48H49BN2O. The molecule has 3 heterocycles. The number of rotatable bonds is 2. The van der Waals surface area contributed by atoms with Gasteiger partial charge in [-0.3, -0.25) is 0 Å². The van der Waals surface area contributed by atoms with E-state index >= 15 is 0 Å². The van der Waals surface area contributed by atoms with Crippen molar-refractivity contribution in [3.8, 4) is 0 Å². The highest BCUT2D eigenvalue weighted by Gasteiger charge is 2.49. The number of benzene rings is 5. The van der Waals surface area contributed by atoms with Crippen LogP contribution in [0.1, 0.15) is 103 Å². The summed E-state index contributed by atoms with van der Waals surface area (Å²) in [4.78, 5) is 5.07. The molecule has 10 rings (SSSR count). The van der Waals surface area contributed by atoms with E-state index in [0.29, 0.717) is 0 Å². The Hall–Kier alpha value is -4.70. The lowest BCUT2D eigenvalue weighted by Crippen LogP contribution is -2.61. The monoisotopic (exact) mass is 680 g/mol. The first kappa shape index (κ1) is 32.0. The molecule has 0 saturated carbocycles. The molecule has 0 amide bonds. The average Bonchev–Trinajstić information content (AvgIpc) is 3.51. The zero-order valence-electron chi connectivity index (χ0n) is 32.0. The highest BCUT2D eigenvalue weighted by Crippen LogP contribution is 2.52. The summed E-state index contributed by atoms with van der Waals surface area (Å²) in [6.45, 7) is 19.5. The van der Waals surface area contributed by atoms with Crippen molar-refractivity contribution >= 4 is 68.4 Å². The summed E-state index contributed by atoms with van der Waals surface area (Å²) in [5.74, 6) is 0. The fraction of sp³-hybridized carbons (Fsp3) is 0.333. The first-order valence-corrected chi connectivity index (χ1v) is 19.4. The van der Waals surface area contributed by atoms with Crippen molar-refractivity contribution in [1.29, 1.82) is 0 Å². The average molecular weight is 681 g/mol. The van der Waals surface area contributed by atoms with Gasteiger partial charge in [0.05, 0.1) is 11.3 Å². The van der Waals surface area contributed by atoms with Crippen molar-refractivity contribution < 1.29 is 4.42 Å². The van der Waals surface area contributed by atoms with Gasteiger partial charge < -0.3 is 14.2 Å². The molecule has 3 nitrogen and oxygen atoms in total. The highest BCUT2D eigenvalue weighted by atomic mass is 16.3. The van der Waals surface area contributed by atoms with Gasteiger partial charge in [0, 0.05) is 33.8 Å². The topological polar surface area (TPSA) is 19.6 Å². The standard InChI is InChI=1S/C48H49BN2O/c1-45(2)23-24-46(3,4)34-27-31(21-22-33(34)45)50-38-18-14-19-39-42(38)49(37-28-35-36(29-40(37)50)48(7,8)26-25-47(35,5)6)44-43(32-17-12-13-20-41(32)52-44)51(39)30-15-10-9-11-16-30/h9-22,27-29H,23-26H2,1-8H3. The van der Waals surface area contributed by atoms with E-state index in [0.717, 1.165) is 28.0 Å². The van der Waals surface area contributed by atoms with Crippen LogP contribution in [0, 0.1) is 0 Å². The summed E-state index contributed by atoms with van der Waals surface area (Å²) in [7, 11) is 0. The van der Waals surface area contributed by atoms with Crippen LogP contribution in [0.4, 0.5) is 34.1 Å². The van der Waals surface area contributed by atoms with Crippen molar-refractivity contribution in [2.24, 2.45) is 0 Å². The Morgan fingerprint density at radius 3 is 1.77 bits per heavy atom. The normalized spacial score (nSPS) is 19.7. The summed E-state index contributed by atoms with van der Waals surface area (Å²) in [6, 6.07) is 39.0. The number of para-hydroxylation sites is 2. The fourth-order valence-corrected chi connectivity index (χ4v) is 10.3. The van der Waals surface area contributed by atoms with Gasteiger partial charge in [-0.15, -0.1) is 0 Å². The summed E-state index contributed by atoms with van der Waals surface area (Å²) in [5, 5.41) is 1.15. The lowest BCUT2D eigenvalue weighted by molar-refractivity contribution is 0.332. The van der Waals surface area contributed by atoms with Gasteiger partial charge in [0.15, 0.2) is 0 Å². The third-order valence-corrected chi connectivity index (χ3v) is 13.6. The first-order chi connectivity index (χ1) is 24.8. The van der Waals surface area contributed by atoms with E-state index in [1.165, 1.54) is 81.6 Å². The molecule has 0 N–H and O–H groups in total. The maximum atomic E-state index is 7.09. The van der Waals surface area contributed by atoms with E-state index in [2.05, 4.69) is 168 Å². The van der Waals surface area contributed by atoms with Gasteiger partial charge in [-0.25, -0.2) is 0 Å². The van der Waals surface area contributed by atoms with Gasteiger partial charge in [-0.05, 0) is 135 Å². The molecule has 0 saturated heterocycles. The van der Waals surface area contributed by atoms with Crippen LogP contribution in [0.5, 0.6) is 0 Å². The summed E-state index contributed by atoms with van der Waals surface area (Å²) in [5.41, 5.74) is 18.3. The molecule has 52 heavy (non-hydrogen) atoms. The molecule has 6 aromatic rings. The minimum absolute atomic E-state index is 0.0426. The summed E-state index contributed by atoms with van der Waals surface area (Å²) >= 11 is 0. The van der Waals surface area contributed by atoms with E-state index in [1.54, 1.807) is 0 Å². The Morgan fingerprint density at radius 1 is 0.500 bits per heavy atom. The molecule has 2 aliphatic heterocycles. The van der Waals surface area contributed by atoms with Crippen LogP contribution in [-0.2, 0) is 21.7 Å². The molecule has 2 aliphatic carbocycles. The Bertz CT molecular complexity index is 2450. The summed E-state index contributed by atoms with van der Waals surface area (Å²) in [6.07, 6.45) is 4.75. The van der Waals surface area contributed by atoms with Crippen molar-refractivity contribution in [3.63, 3.8) is 0 Å². The molecular weight excluding hydrogens is 631 g/mol. The SMILES string of the molecule is CC1(C)CCC(C)(C)c2cc(N3c4cc5c(cc4B4c6oc7ccccc7c6N(c6ccccc6)c6cccc3c64)C(C)(C)CCC5(C)C)ccc21. The molecule has 1 aromatic heterocycles. The van der Waals surface area contributed by atoms with Crippen molar-refractivity contribution in [2.75, 3.05) is 9.80 Å². The second-order valence-electron chi connectivity index (χ2n) is 18.7. The Balaban J connectivity index is 1.32. The van der Waals surface area contributed by atoms with E-state index < -0.39 is 0 Å². The van der Waals surface area contributed by atoms with Gasteiger partial charge in [-0.2, -0.15) is 0 Å². The van der Waals surface area contributed by atoms with Crippen molar-refractivity contribution in [1.82, 2.24) is 0 Å². The van der Waals surface area contributed by atoms with Crippen LogP contribution in [0.15, 0.2) is 108 Å². The predicted octanol–water partition coefficient (Wildman–Crippen LogP) is 11.2. The van der Waals surface area contributed by atoms with E-state index in [1.807, 2.05) is 0 Å². The summed E-state index contributed by atoms with van der Waals surface area (Å²) < 4.78 is 7.09. The molecule has 4 aliphatic rings. The third kappa shape index (κ3) is 4.33. The first-order valence-electron chi connectivity index (χ1n) is 19.4. The Labute approximate surface area is 309 Å². The quantitative estimate of drug-likeness (QED) is 0.170. The van der Waals surface area contributed by atoms with Gasteiger partial charge in [0.2, 0.25) is 0 Å². The fourth-order valence-electron chi connectivity index (χ4n) is 10.3. The highest BCUT2D eigenvalue weighted by molar-refractivity contribution is 7.00. The minimum atomic E-state index is -0.0426. The Kier molecular flexibility index (Phi) is 6.44. The van der Waals surface area contributed by atoms with Crippen LogP contribution in [-0.4, -0.2) is 6.71 Å². The number of fused-ring (bicyclic) bond motifs is 8. The molecule has 5 aromatic carbocycles. The molecule has 0 unspecified atom stereocenters. The van der Waals surface area contributed by atoms with Gasteiger partial charge >= 0.3 is 0 Å². The second kappa shape index (κ2) is 10.5. The largest absolute Gasteiger partial charge is 0.468 e. The smallest absolute Gasteiger partial charge is 0.297 e. The number of anilines is 6. The molecule has 260 valence electrons. The number of furan rings is 1.